The number of carbonyl (C=O) groups is 1. The minimum absolute atomic E-state index is 0.246. The van der Waals surface area contributed by atoms with Gasteiger partial charge in [0.15, 0.2) is 0 Å². The number of ketones is 1. The first-order valence-electron chi connectivity index (χ1n) is 6.07. The topological polar surface area (TPSA) is 17.1 Å². The standard InChI is InChI=1S/C14H26O/c1-11(2)7-6-8-12(3)9-10-13(4)14(5)15/h7,12-13H,6,8-10H2,1-5H3. The lowest BCUT2D eigenvalue weighted by molar-refractivity contribution is -0.120. The van der Waals surface area contributed by atoms with Crippen molar-refractivity contribution in [3.63, 3.8) is 0 Å². The summed E-state index contributed by atoms with van der Waals surface area (Å²) in [5.74, 6) is 1.31. The summed E-state index contributed by atoms with van der Waals surface area (Å²) in [5, 5.41) is 0. The van der Waals surface area contributed by atoms with Gasteiger partial charge in [0.2, 0.25) is 0 Å². The van der Waals surface area contributed by atoms with Crippen LogP contribution in [0.4, 0.5) is 0 Å². The molecule has 0 saturated heterocycles. The molecule has 0 saturated carbocycles. The van der Waals surface area contributed by atoms with Crippen LogP contribution in [0.25, 0.3) is 0 Å². The van der Waals surface area contributed by atoms with Gasteiger partial charge in [-0.05, 0) is 46.0 Å². The van der Waals surface area contributed by atoms with Gasteiger partial charge in [-0.25, -0.2) is 0 Å². The van der Waals surface area contributed by atoms with Crippen molar-refractivity contribution < 1.29 is 4.79 Å². The van der Waals surface area contributed by atoms with E-state index in [1.807, 2.05) is 6.92 Å². The van der Waals surface area contributed by atoms with Gasteiger partial charge in [0.1, 0.15) is 5.78 Å². The first kappa shape index (κ1) is 14.4. The number of Topliss-reactive ketones (excluding diaryl/α,β-unsaturated/α-hetero) is 1. The fraction of sp³-hybridized carbons (Fsp3) is 0.786. The third-order valence-electron chi connectivity index (χ3n) is 3.00. The van der Waals surface area contributed by atoms with Crippen molar-refractivity contribution >= 4 is 5.78 Å². The Bertz CT molecular complexity index is 211. The lowest BCUT2D eigenvalue weighted by Gasteiger charge is -2.12. The van der Waals surface area contributed by atoms with E-state index >= 15 is 0 Å². The van der Waals surface area contributed by atoms with E-state index in [2.05, 4.69) is 26.8 Å². The number of rotatable bonds is 7. The zero-order valence-electron chi connectivity index (χ0n) is 11.0. The zero-order chi connectivity index (χ0) is 11.8. The summed E-state index contributed by atoms with van der Waals surface area (Å²) in [5.41, 5.74) is 1.40. The molecule has 0 bridgehead atoms. The molecule has 1 nitrogen and oxygen atoms in total. The van der Waals surface area contributed by atoms with Gasteiger partial charge in [0, 0.05) is 5.92 Å². The van der Waals surface area contributed by atoms with E-state index in [4.69, 9.17) is 0 Å². The van der Waals surface area contributed by atoms with Crippen LogP contribution in [0, 0.1) is 11.8 Å². The SMILES string of the molecule is CC(=O)C(C)CCC(C)CCC=C(C)C. The van der Waals surface area contributed by atoms with E-state index in [9.17, 15) is 4.79 Å². The Morgan fingerprint density at radius 2 is 1.67 bits per heavy atom. The van der Waals surface area contributed by atoms with Gasteiger partial charge in [-0.1, -0.05) is 31.9 Å². The minimum Gasteiger partial charge on any atom is -0.300 e. The molecule has 0 fully saturated rings. The lowest BCUT2D eigenvalue weighted by Crippen LogP contribution is -2.08. The molecule has 0 radical (unpaired) electrons. The predicted octanol–water partition coefficient (Wildman–Crippen LogP) is 4.37. The molecule has 0 aliphatic heterocycles. The summed E-state index contributed by atoms with van der Waals surface area (Å²) >= 11 is 0. The van der Waals surface area contributed by atoms with Crippen LogP contribution >= 0.6 is 0 Å². The maximum absolute atomic E-state index is 11.1. The Kier molecular flexibility index (Phi) is 7.37. The maximum Gasteiger partial charge on any atom is 0.132 e. The van der Waals surface area contributed by atoms with E-state index in [-0.39, 0.29) is 5.92 Å². The van der Waals surface area contributed by atoms with E-state index in [0.29, 0.717) is 5.78 Å². The zero-order valence-corrected chi connectivity index (χ0v) is 11.0. The molecule has 0 N–H and O–H groups in total. The fourth-order valence-corrected chi connectivity index (χ4v) is 1.54. The van der Waals surface area contributed by atoms with E-state index in [1.54, 1.807) is 6.92 Å². The first-order chi connectivity index (χ1) is 6.93. The van der Waals surface area contributed by atoms with Crippen molar-refractivity contribution in [3.05, 3.63) is 11.6 Å². The van der Waals surface area contributed by atoms with Gasteiger partial charge >= 0.3 is 0 Å². The van der Waals surface area contributed by atoms with Crippen molar-refractivity contribution in [2.75, 3.05) is 0 Å². The molecule has 1 heteroatoms. The van der Waals surface area contributed by atoms with E-state index < -0.39 is 0 Å². The number of hydrogen-bond donors (Lipinski definition) is 0. The summed E-state index contributed by atoms with van der Waals surface area (Å²) in [6.07, 6.45) is 6.95. The number of allylic oxidation sites excluding steroid dienone is 2. The Hall–Kier alpha value is -0.590. The van der Waals surface area contributed by atoms with Crippen LogP contribution in [-0.2, 0) is 4.79 Å². The second-order valence-electron chi connectivity index (χ2n) is 5.05. The first-order valence-corrected chi connectivity index (χ1v) is 6.07. The van der Waals surface area contributed by atoms with Crippen LogP contribution < -0.4 is 0 Å². The average Bonchev–Trinajstić information content (AvgIpc) is 2.13. The average molecular weight is 210 g/mol. The Morgan fingerprint density at radius 3 is 2.13 bits per heavy atom. The van der Waals surface area contributed by atoms with Crippen LogP contribution in [0.15, 0.2) is 11.6 Å². The molecule has 0 amide bonds. The highest BCUT2D eigenvalue weighted by atomic mass is 16.1. The van der Waals surface area contributed by atoms with Crippen molar-refractivity contribution in [2.45, 2.75) is 60.3 Å². The Morgan fingerprint density at radius 1 is 1.07 bits per heavy atom. The van der Waals surface area contributed by atoms with Crippen LogP contribution in [0.2, 0.25) is 0 Å². The molecule has 2 atom stereocenters. The molecular weight excluding hydrogens is 184 g/mol. The van der Waals surface area contributed by atoms with Crippen molar-refractivity contribution in [2.24, 2.45) is 11.8 Å². The molecule has 0 aromatic heterocycles. The third kappa shape index (κ3) is 8.41. The van der Waals surface area contributed by atoms with Gasteiger partial charge in [-0.2, -0.15) is 0 Å². The number of hydrogen-bond acceptors (Lipinski definition) is 1. The van der Waals surface area contributed by atoms with Gasteiger partial charge < -0.3 is 0 Å². The molecule has 0 heterocycles. The normalized spacial score (nSPS) is 14.5. The van der Waals surface area contributed by atoms with Gasteiger partial charge in [0.05, 0.1) is 0 Å². The predicted molar refractivity (Wildman–Crippen MR) is 66.9 cm³/mol. The van der Waals surface area contributed by atoms with Crippen LogP contribution in [0.5, 0.6) is 0 Å². The largest absolute Gasteiger partial charge is 0.300 e. The van der Waals surface area contributed by atoms with E-state index in [1.165, 1.54) is 24.8 Å². The molecule has 0 aliphatic carbocycles. The second-order valence-corrected chi connectivity index (χ2v) is 5.05. The molecule has 0 aliphatic rings. The Labute approximate surface area is 95.0 Å². The summed E-state index contributed by atoms with van der Waals surface area (Å²) in [4.78, 5) is 11.1. The van der Waals surface area contributed by atoms with Crippen LogP contribution in [0.1, 0.15) is 60.3 Å². The highest BCUT2D eigenvalue weighted by molar-refractivity contribution is 5.77. The van der Waals surface area contributed by atoms with Crippen LogP contribution in [-0.4, -0.2) is 5.78 Å². The number of carbonyl (C=O) groups excluding carboxylic acids is 1. The quantitative estimate of drug-likeness (QED) is 0.570. The van der Waals surface area contributed by atoms with Crippen molar-refractivity contribution in [3.8, 4) is 0 Å². The molecule has 0 rings (SSSR count). The monoisotopic (exact) mass is 210 g/mol. The van der Waals surface area contributed by atoms with Gasteiger partial charge in [-0.15, -0.1) is 0 Å². The van der Waals surface area contributed by atoms with Crippen molar-refractivity contribution in [1.82, 2.24) is 0 Å². The summed E-state index contributed by atoms with van der Waals surface area (Å²) < 4.78 is 0. The molecule has 0 aromatic rings. The summed E-state index contributed by atoms with van der Waals surface area (Å²) in [6.45, 7) is 10.3. The molecule has 88 valence electrons. The molecule has 0 aromatic carbocycles. The highest BCUT2D eigenvalue weighted by Gasteiger charge is 2.09. The second kappa shape index (κ2) is 7.67. The Balaban J connectivity index is 3.62. The molecular formula is C14H26O. The highest BCUT2D eigenvalue weighted by Crippen LogP contribution is 2.17. The minimum atomic E-state index is 0.246. The summed E-state index contributed by atoms with van der Waals surface area (Å²) in [6, 6.07) is 0. The fourth-order valence-electron chi connectivity index (χ4n) is 1.54. The molecule has 2 unspecified atom stereocenters. The lowest BCUT2D eigenvalue weighted by atomic mass is 9.93. The molecule has 0 spiro atoms. The van der Waals surface area contributed by atoms with Gasteiger partial charge in [0.25, 0.3) is 0 Å². The third-order valence-corrected chi connectivity index (χ3v) is 3.00. The van der Waals surface area contributed by atoms with Crippen molar-refractivity contribution in [1.29, 1.82) is 0 Å². The smallest absolute Gasteiger partial charge is 0.132 e. The maximum atomic E-state index is 11.1. The van der Waals surface area contributed by atoms with E-state index in [0.717, 1.165) is 12.3 Å². The molecule has 15 heavy (non-hydrogen) atoms. The summed E-state index contributed by atoms with van der Waals surface area (Å²) in [7, 11) is 0. The van der Waals surface area contributed by atoms with Gasteiger partial charge in [-0.3, -0.25) is 4.79 Å². The van der Waals surface area contributed by atoms with Crippen LogP contribution in [0.3, 0.4) is 0 Å².